The van der Waals surface area contributed by atoms with Crippen LogP contribution in [0.25, 0.3) is 22.0 Å². The van der Waals surface area contributed by atoms with Gasteiger partial charge in [0.05, 0.1) is 11.1 Å². The molecule has 0 atom stereocenters. The number of carbonyl (C=O) groups excluding carboxylic acids is 2. The van der Waals surface area contributed by atoms with E-state index in [0.717, 1.165) is 52.9 Å². The molecular formula is C25H28N4O2. The number of piperidine rings is 1. The monoisotopic (exact) mass is 416 g/mol. The van der Waals surface area contributed by atoms with Gasteiger partial charge in [0.15, 0.2) is 0 Å². The second kappa shape index (κ2) is 9.18. The van der Waals surface area contributed by atoms with Gasteiger partial charge in [0.1, 0.15) is 0 Å². The summed E-state index contributed by atoms with van der Waals surface area (Å²) in [6.07, 6.45) is 9.13. The number of hydrogen-bond acceptors (Lipinski definition) is 3. The van der Waals surface area contributed by atoms with E-state index in [1.54, 1.807) is 18.3 Å². The smallest absolute Gasteiger partial charge is 0.250 e. The van der Waals surface area contributed by atoms with Crippen molar-refractivity contribution in [3.63, 3.8) is 0 Å². The Balaban J connectivity index is 1.54. The summed E-state index contributed by atoms with van der Waals surface area (Å²) in [4.78, 5) is 29.7. The maximum absolute atomic E-state index is 12.5. The summed E-state index contributed by atoms with van der Waals surface area (Å²) in [6.45, 7) is 5.01. The zero-order valence-corrected chi connectivity index (χ0v) is 17.8. The lowest BCUT2D eigenvalue weighted by Crippen LogP contribution is -2.29. The lowest BCUT2D eigenvalue weighted by molar-refractivity contribution is -0.111. The van der Waals surface area contributed by atoms with E-state index in [0.29, 0.717) is 5.56 Å². The SMILES string of the molecule is Cc1c(NC(=O)C=CCN2CCCCC2)cccc1-c1ccc(C(N)=O)c2[nH]ccc12. The van der Waals surface area contributed by atoms with Gasteiger partial charge in [0, 0.05) is 29.9 Å². The Bertz CT molecular complexity index is 1140. The topological polar surface area (TPSA) is 91.2 Å². The minimum absolute atomic E-state index is 0.131. The first kappa shape index (κ1) is 20.9. The number of primary amides is 1. The molecule has 0 unspecified atom stereocenters. The van der Waals surface area contributed by atoms with Crippen molar-refractivity contribution in [2.75, 3.05) is 25.0 Å². The van der Waals surface area contributed by atoms with E-state index in [1.807, 2.05) is 43.3 Å². The molecule has 0 saturated carbocycles. The molecule has 0 aliphatic carbocycles. The van der Waals surface area contributed by atoms with Gasteiger partial charge in [-0.05, 0) is 67.7 Å². The van der Waals surface area contributed by atoms with Crippen LogP contribution in [0.1, 0.15) is 35.2 Å². The van der Waals surface area contributed by atoms with Crippen molar-refractivity contribution < 1.29 is 9.59 Å². The Kier molecular flexibility index (Phi) is 6.18. The van der Waals surface area contributed by atoms with Gasteiger partial charge in [-0.1, -0.05) is 30.7 Å². The fourth-order valence-corrected chi connectivity index (χ4v) is 4.28. The van der Waals surface area contributed by atoms with Gasteiger partial charge in [-0.25, -0.2) is 0 Å². The first-order valence-corrected chi connectivity index (χ1v) is 10.7. The van der Waals surface area contributed by atoms with Crippen LogP contribution < -0.4 is 11.1 Å². The molecule has 2 amide bonds. The van der Waals surface area contributed by atoms with E-state index in [4.69, 9.17) is 5.73 Å². The van der Waals surface area contributed by atoms with Crippen LogP contribution in [0.15, 0.2) is 54.7 Å². The molecule has 1 saturated heterocycles. The summed E-state index contributed by atoms with van der Waals surface area (Å²) in [5, 5.41) is 3.92. The highest BCUT2D eigenvalue weighted by molar-refractivity contribution is 6.09. The first-order chi connectivity index (χ1) is 15.0. The number of carbonyl (C=O) groups is 2. The van der Waals surface area contributed by atoms with Crippen LogP contribution in [0, 0.1) is 6.92 Å². The van der Waals surface area contributed by atoms with Gasteiger partial charge < -0.3 is 16.0 Å². The van der Waals surface area contributed by atoms with E-state index in [-0.39, 0.29) is 5.91 Å². The fraction of sp³-hybridized carbons (Fsp3) is 0.280. The van der Waals surface area contributed by atoms with Crippen LogP contribution in [0.3, 0.4) is 0 Å². The van der Waals surface area contributed by atoms with Crippen LogP contribution in [-0.2, 0) is 4.79 Å². The Morgan fingerprint density at radius 1 is 1.10 bits per heavy atom. The highest BCUT2D eigenvalue weighted by Crippen LogP contribution is 2.34. The molecule has 31 heavy (non-hydrogen) atoms. The summed E-state index contributed by atoms with van der Waals surface area (Å²) in [5.74, 6) is -0.596. The molecule has 2 aromatic carbocycles. The van der Waals surface area contributed by atoms with E-state index >= 15 is 0 Å². The van der Waals surface area contributed by atoms with Crippen LogP contribution in [-0.4, -0.2) is 41.3 Å². The number of aromatic amines is 1. The van der Waals surface area contributed by atoms with Crippen LogP contribution >= 0.6 is 0 Å². The van der Waals surface area contributed by atoms with Gasteiger partial charge in [-0.15, -0.1) is 0 Å². The Morgan fingerprint density at radius 2 is 1.90 bits per heavy atom. The van der Waals surface area contributed by atoms with Crippen molar-refractivity contribution in [1.29, 1.82) is 0 Å². The molecule has 1 aliphatic rings. The zero-order valence-electron chi connectivity index (χ0n) is 17.8. The predicted octanol–water partition coefficient (Wildman–Crippen LogP) is 4.22. The molecule has 1 aliphatic heterocycles. The Morgan fingerprint density at radius 3 is 2.68 bits per heavy atom. The van der Waals surface area contributed by atoms with Crippen molar-refractivity contribution in [2.45, 2.75) is 26.2 Å². The molecule has 1 aromatic heterocycles. The number of fused-ring (bicyclic) bond motifs is 1. The number of nitrogens with zero attached hydrogens (tertiary/aromatic N) is 1. The second-order valence-electron chi connectivity index (χ2n) is 8.02. The summed E-state index contributed by atoms with van der Waals surface area (Å²) < 4.78 is 0. The highest BCUT2D eigenvalue weighted by atomic mass is 16.1. The van der Waals surface area contributed by atoms with E-state index in [1.165, 1.54) is 19.3 Å². The van der Waals surface area contributed by atoms with Crippen molar-refractivity contribution in [1.82, 2.24) is 9.88 Å². The molecule has 6 heteroatoms. The number of aromatic nitrogens is 1. The fourth-order valence-electron chi connectivity index (χ4n) is 4.28. The molecule has 160 valence electrons. The Hall–Kier alpha value is -3.38. The molecule has 1 fully saturated rings. The number of likely N-dealkylation sites (tertiary alicyclic amines) is 1. The van der Waals surface area contributed by atoms with E-state index in [9.17, 15) is 9.59 Å². The third-order valence-electron chi connectivity index (χ3n) is 5.95. The van der Waals surface area contributed by atoms with Gasteiger partial charge in [0.25, 0.3) is 5.91 Å². The van der Waals surface area contributed by atoms with Crippen molar-refractivity contribution in [2.24, 2.45) is 5.73 Å². The number of benzene rings is 2. The van der Waals surface area contributed by atoms with Crippen LogP contribution in [0.4, 0.5) is 5.69 Å². The number of nitrogens with one attached hydrogen (secondary N) is 2. The van der Waals surface area contributed by atoms with Crippen molar-refractivity contribution in [3.8, 4) is 11.1 Å². The summed E-state index contributed by atoms with van der Waals surface area (Å²) in [5.41, 5.74) is 10.4. The maximum Gasteiger partial charge on any atom is 0.250 e. The van der Waals surface area contributed by atoms with Gasteiger partial charge in [0.2, 0.25) is 5.91 Å². The van der Waals surface area contributed by atoms with Gasteiger partial charge in [-0.2, -0.15) is 0 Å². The first-order valence-electron chi connectivity index (χ1n) is 10.7. The predicted molar refractivity (Wildman–Crippen MR) is 125 cm³/mol. The molecule has 3 aromatic rings. The Labute approximate surface area is 182 Å². The van der Waals surface area contributed by atoms with E-state index in [2.05, 4.69) is 15.2 Å². The molecule has 0 radical (unpaired) electrons. The minimum Gasteiger partial charge on any atom is -0.366 e. The van der Waals surface area contributed by atoms with E-state index < -0.39 is 5.91 Å². The average molecular weight is 417 g/mol. The number of rotatable bonds is 6. The molecule has 6 nitrogen and oxygen atoms in total. The lowest BCUT2D eigenvalue weighted by Gasteiger charge is -2.24. The molecule has 4 rings (SSSR count). The average Bonchev–Trinajstić information content (AvgIpc) is 3.25. The molecule has 0 bridgehead atoms. The second-order valence-corrected chi connectivity index (χ2v) is 8.02. The summed E-state index contributed by atoms with van der Waals surface area (Å²) in [7, 11) is 0. The van der Waals surface area contributed by atoms with Gasteiger partial charge in [-0.3, -0.25) is 14.5 Å². The third kappa shape index (κ3) is 4.54. The van der Waals surface area contributed by atoms with Crippen LogP contribution in [0.5, 0.6) is 0 Å². The summed E-state index contributed by atoms with van der Waals surface area (Å²) in [6, 6.07) is 11.4. The molecule has 2 heterocycles. The minimum atomic E-state index is -0.465. The summed E-state index contributed by atoms with van der Waals surface area (Å²) >= 11 is 0. The lowest BCUT2D eigenvalue weighted by atomic mass is 9.94. The third-order valence-corrected chi connectivity index (χ3v) is 5.95. The number of nitrogens with two attached hydrogens (primary N) is 1. The molecule has 0 spiro atoms. The molecular weight excluding hydrogens is 388 g/mol. The standard InChI is InChI=1S/C25H28N4O2/c1-17-18(19-10-11-21(25(26)31)24-20(19)12-13-27-24)7-5-8-22(17)28-23(30)9-6-16-29-14-3-2-4-15-29/h5-13,27H,2-4,14-16H2,1H3,(H2,26,31)(H,28,30). The normalized spacial score (nSPS) is 14.9. The van der Waals surface area contributed by atoms with Gasteiger partial charge >= 0.3 is 0 Å². The molecule has 4 N–H and O–H groups in total. The maximum atomic E-state index is 12.5. The number of hydrogen-bond donors (Lipinski definition) is 3. The quantitative estimate of drug-likeness (QED) is 0.525. The number of anilines is 1. The van der Waals surface area contributed by atoms with Crippen molar-refractivity contribution >= 4 is 28.4 Å². The van der Waals surface area contributed by atoms with Crippen LogP contribution in [0.2, 0.25) is 0 Å². The largest absolute Gasteiger partial charge is 0.366 e. The number of H-pyrrole nitrogens is 1. The zero-order chi connectivity index (χ0) is 21.8. The van der Waals surface area contributed by atoms with Crippen molar-refractivity contribution in [3.05, 3.63) is 65.9 Å². The highest BCUT2D eigenvalue weighted by Gasteiger charge is 2.15. The number of amides is 2.